The Morgan fingerprint density at radius 3 is 2.82 bits per heavy atom. The fourth-order valence-electron chi connectivity index (χ4n) is 3.34. The summed E-state index contributed by atoms with van der Waals surface area (Å²) in [5.74, 6) is -0.311. The summed E-state index contributed by atoms with van der Waals surface area (Å²) in [6, 6.07) is 4.48. The highest BCUT2D eigenvalue weighted by molar-refractivity contribution is 9.10. The highest BCUT2D eigenvalue weighted by Crippen LogP contribution is 2.34. The molecule has 3 heterocycles. The van der Waals surface area contributed by atoms with Gasteiger partial charge in [-0.25, -0.2) is 10.4 Å². The highest BCUT2D eigenvalue weighted by Gasteiger charge is 2.45. The van der Waals surface area contributed by atoms with E-state index < -0.39 is 36.7 Å². The normalized spacial score (nSPS) is 23.0. The number of nitrogen functional groups attached to an aromatic ring is 1. The van der Waals surface area contributed by atoms with Gasteiger partial charge in [0.05, 0.1) is 18.5 Å². The lowest BCUT2D eigenvalue weighted by atomic mass is 10.1. The third kappa shape index (κ3) is 4.27. The van der Waals surface area contributed by atoms with Crippen LogP contribution in [0.4, 0.5) is 17.6 Å². The minimum atomic E-state index is -1.49. The van der Waals surface area contributed by atoms with Crippen molar-refractivity contribution in [2.45, 2.75) is 24.5 Å². The van der Waals surface area contributed by atoms with E-state index in [1.807, 2.05) is 0 Å². The number of hydrogen-bond acceptors (Lipinski definition) is 13. The van der Waals surface area contributed by atoms with Crippen LogP contribution in [0.3, 0.4) is 0 Å². The van der Waals surface area contributed by atoms with E-state index in [2.05, 4.69) is 41.4 Å². The molecular weight excluding hydrogens is 508 g/mol. The van der Waals surface area contributed by atoms with Crippen molar-refractivity contribution >= 4 is 50.9 Å². The summed E-state index contributed by atoms with van der Waals surface area (Å²) in [5.41, 5.74) is 7.74. The van der Waals surface area contributed by atoms with E-state index in [4.69, 9.17) is 15.7 Å². The number of aromatic nitrogens is 4. The molecule has 176 valence electrons. The number of nitrogens with zero attached hydrogens (tertiary/aromatic N) is 5. The number of fused-ring (bicyclic) bond motifs is 1. The molecule has 2 aromatic heterocycles. The molecule has 16 heteroatoms. The van der Waals surface area contributed by atoms with Crippen molar-refractivity contribution < 1.29 is 25.3 Å². The van der Waals surface area contributed by atoms with Crippen molar-refractivity contribution in [1.82, 2.24) is 19.5 Å². The van der Waals surface area contributed by atoms with Crippen LogP contribution >= 0.6 is 15.9 Å². The summed E-state index contributed by atoms with van der Waals surface area (Å²) < 4.78 is 7.09. The number of imidazole rings is 1. The van der Waals surface area contributed by atoms with Crippen LogP contribution in [0.25, 0.3) is 11.2 Å². The Bertz CT molecular complexity index is 1260. The molecule has 0 spiro atoms. The number of ether oxygens (including phenoxy) is 1. The number of aliphatic hydroxyl groups is 3. The SMILES string of the molecule is Nc1nc2c(nc(N/N=C\c3ccc(Br)c(N([O-])O)c3)n2[C@@H]2O[C@H](CO)[C@@H](O)[C@H]2O)c(=O)[nH]1. The first-order chi connectivity index (χ1) is 15.7. The van der Waals surface area contributed by atoms with Crippen LogP contribution in [0, 0.1) is 5.21 Å². The van der Waals surface area contributed by atoms with Crippen molar-refractivity contribution in [3.63, 3.8) is 0 Å². The van der Waals surface area contributed by atoms with Crippen LogP contribution in [0.15, 0.2) is 32.6 Å². The summed E-state index contributed by atoms with van der Waals surface area (Å²) in [7, 11) is 0. The summed E-state index contributed by atoms with van der Waals surface area (Å²) >= 11 is 3.14. The molecule has 1 saturated heterocycles. The number of halogens is 1. The molecule has 0 radical (unpaired) electrons. The van der Waals surface area contributed by atoms with Gasteiger partial charge in [-0.15, -0.1) is 0 Å². The molecule has 1 aromatic carbocycles. The number of aliphatic hydroxyl groups excluding tert-OH is 3. The number of anilines is 3. The molecule has 4 rings (SSSR count). The fraction of sp³-hybridized carbons (Fsp3) is 0.294. The monoisotopic (exact) mass is 525 g/mol. The molecule has 3 aromatic rings. The number of aromatic amines is 1. The molecule has 33 heavy (non-hydrogen) atoms. The van der Waals surface area contributed by atoms with Gasteiger partial charge in [0.25, 0.3) is 5.56 Å². The smallest absolute Gasteiger partial charge is 0.280 e. The first kappa shape index (κ1) is 23.1. The number of nitrogens with one attached hydrogen (secondary N) is 2. The largest absolute Gasteiger partial charge is 0.733 e. The molecular formula is C17H18BrN8O7-. The van der Waals surface area contributed by atoms with E-state index in [0.717, 1.165) is 0 Å². The second-order valence-electron chi connectivity index (χ2n) is 7.01. The number of nitrogens with two attached hydrogens (primary N) is 1. The predicted molar refractivity (Wildman–Crippen MR) is 119 cm³/mol. The second kappa shape index (κ2) is 9.02. The first-order valence-corrected chi connectivity index (χ1v) is 10.2. The minimum absolute atomic E-state index is 0.0519. The van der Waals surface area contributed by atoms with E-state index in [1.165, 1.54) is 22.9 Å². The Morgan fingerprint density at radius 2 is 2.15 bits per heavy atom. The quantitative estimate of drug-likeness (QED) is 0.155. The molecule has 0 aliphatic carbocycles. The molecule has 8 N–H and O–H groups in total. The molecule has 0 saturated carbocycles. The zero-order valence-corrected chi connectivity index (χ0v) is 18.1. The standard InChI is InChI=1S/C17H18BrN8O7/c18-7-2-1-6(3-8(7)26(31)32)4-20-24-17-21-10-13(22-16(19)23-14(10)30)25(17)15-12(29)11(28)9(5-27)33-15/h1-4,9,11-12,15,27-29,31H,5H2,(H,21,24)(H3,19,22,23,30)/q-1/b20-4-/t9-,11-,12-,15-/m1/s1. The van der Waals surface area contributed by atoms with Gasteiger partial charge in [-0.05, 0) is 33.6 Å². The molecule has 0 bridgehead atoms. The van der Waals surface area contributed by atoms with E-state index in [9.17, 15) is 25.3 Å². The summed E-state index contributed by atoms with van der Waals surface area (Å²) in [6.07, 6.45) is -3.98. The Balaban J connectivity index is 1.73. The van der Waals surface area contributed by atoms with E-state index in [0.29, 0.717) is 10.0 Å². The molecule has 0 amide bonds. The topological polar surface area (TPSA) is 230 Å². The Labute approximate surface area is 192 Å². The number of hydrogen-bond donors (Lipinski definition) is 7. The molecule has 1 fully saturated rings. The van der Waals surface area contributed by atoms with Crippen molar-refractivity contribution in [2.24, 2.45) is 5.10 Å². The molecule has 15 nitrogen and oxygen atoms in total. The summed E-state index contributed by atoms with van der Waals surface area (Å²) in [5, 5.41) is 54.1. The average Bonchev–Trinajstić information content (AvgIpc) is 3.26. The minimum Gasteiger partial charge on any atom is -0.733 e. The summed E-state index contributed by atoms with van der Waals surface area (Å²) in [6.45, 7) is -0.564. The summed E-state index contributed by atoms with van der Waals surface area (Å²) in [4.78, 5) is 22.8. The van der Waals surface area contributed by atoms with Gasteiger partial charge in [-0.3, -0.25) is 19.6 Å². The second-order valence-corrected chi connectivity index (χ2v) is 7.87. The third-order valence-corrected chi connectivity index (χ3v) is 5.57. The highest BCUT2D eigenvalue weighted by atomic mass is 79.9. The van der Waals surface area contributed by atoms with Crippen molar-refractivity contribution in [1.29, 1.82) is 0 Å². The van der Waals surface area contributed by atoms with Crippen LogP contribution in [0.2, 0.25) is 0 Å². The molecule has 1 aliphatic rings. The number of benzene rings is 1. The van der Waals surface area contributed by atoms with Gasteiger partial charge in [-0.1, -0.05) is 6.07 Å². The van der Waals surface area contributed by atoms with Crippen molar-refractivity contribution in [3.8, 4) is 0 Å². The number of rotatable bonds is 6. The first-order valence-electron chi connectivity index (χ1n) is 9.36. The van der Waals surface area contributed by atoms with Gasteiger partial charge in [0.1, 0.15) is 18.3 Å². The lowest BCUT2D eigenvalue weighted by Crippen LogP contribution is -2.33. The van der Waals surface area contributed by atoms with E-state index in [1.54, 1.807) is 6.07 Å². The molecule has 0 unspecified atom stereocenters. The van der Waals surface area contributed by atoms with Crippen LogP contribution < -0.4 is 21.9 Å². The van der Waals surface area contributed by atoms with Gasteiger partial charge in [0.2, 0.25) is 11.9 Å². The zero-order valence-electron chi connectivity index (χ0n) is 16.5. The van der Waals surface area contributed by atoms with Gasteiger partial charge >= 0.3 is 0 Å². The van der Waals surface area contributed by atoms with E-state index >= 15 is 0 Å². The maximum absolute atomic E-state index is 12.3. The maximum atomic E-state index is 12.3. The van der Waals surface area contributed by atoms with Crippen LogP contribution in [0.1, 0.15) is 11.8 Å². The average molecular weight is 526 g/mol. The third-order valence-electron chi connectivity index (χ3n) is 4.89. The molecule has 4 atom stereocenters. The number of hydrazone groups is 1. The Hall–Kier alpha value is -3.12. The maximum Gasteiger partial charge on any atom is 0.280 e. The molecule has 1 aliphatic heterocycles. The lowest BCUT2D eigenvalue weighted by Gasteiger charge is -2.23. The van der Waals surface area contributed by atoms with Gasteiger partial charge in [-0.2, -0.15) is 10.1 Å². The van der Waals surface area contributed by atoms with Crippen molar-refractivity contribution in [3.05, 3.63) is 43.8 Å². The van der Waals surface area contributed by atoms with Crippen molar-refractivity contribution in [2.75, 3.05) is 23.0 Å². The van der Waals surface area contributed by atoms with Gasteiger partial charge < -0.3 is 36.2 Å². The van der Waals surface area contributed by atoms with Crippen LogP contribution in [-0.2, 0) is 4.74 Å². The lowest BCUT2D eigenvalue weighted by molar-refractivity contribution is -0.0501. The van der Waals surface area contributed by atoms with Crippen LogP contribution in [-0.4, -0.2) is 71.2 Å². The Morgan fingerprint density at radius 1 is 1.39 bits per heavy atom. The van der Waals surface area contributed by atoms with Gasteiger partial charge in [0.15, 0.2) is 17.4 Å². The Kier molecular flexibility index (Phi) is 6.30. The zero-order chi connectivity index (χ0) is 23.9. The van der Waals surface area contributed by atoms with Gasteiger partial charge in [0, 0.05) is 4.47 Å². The van der Waals surface area contributed by atoms with E-state index in [-0.39, 0.29) is 34.0 Å². The fourth-order valence-corrected chi connectivity index (χ4v) is 3.73. The van der Waals surface area contributed by atoms with Crippen LogP contribution in [0.5, 0.6) is 0 Å². The number of H-pyrrole nitrogens is 1. The predicted octanol–water partition coefficient (Wildman–Crippen LogP) is -0.785.